The van der Waals surface area contributed by atoms with Crippen LogP contribution in [0.25, 0.3) is 0 Å². The molecule has 3 atom stereocenters. The number of hydrazone groups is 1. The number of hydrogen-bond acceptors (Lipinski definition) is 6. The molecule has 0 radical (unpaired) electrons. The predicted octanol–water partition coefficient (Wildman–Crippen LogP) is 2.24. The number of hydrogen-bond donors (Lipinski definition) is 1. The summed E-state index contributed by atoms with van der Waals surface area (Å²) >= 11 is 0. The number of benzene rings is 1. The molecule has 11 heteroatoms. The third kappa shape index (κ3) is 4.27. The molecular weight excluding hydrogens is 425 g/mol. The fraction of sp³-hybridized carbons (Fsp3) is 0.381. The van der Waals surface area contributed by atoms with Gasteiger partial charge in [-0.1, -0.05) is 0 Å². The molecule has 1 aromatic heterocycles. The van der Waals surface area contributed by atoms with E-state index in [1.54, 1.807) is 4.90 Å². The maximum Gasteiger partial charge on any atom is 0.269 e. The molecule has 2 amide bonds. The summed E-state index contributed by atoms with van der Waals surface area (Å²) in [5.74, 6) is -2.99. The van der Waals surface area contributed by atoms with Gasteiger partial charge in [-0.05, 0) is 24.1 Å². The van der Waals surface area contributed by atoms with Gasteiger partial charge in [0, 0.05) is 38.4 Å². The topological polar surface area (TPSA) is 90.8 Å². The Bertz CT molecular complexity index is 1050. The van der Waals surface area contributed by atoms with Crippen molar-refractivity contribution >= 4 is 23.8 Å². The molecule has 0 bridgehead atoms. The molecule has 0 spiro atoms. The molecule has 1 fully saturated rings. The van der Waals surface area contributed by atoms with Gasteiger partial charge in [0.25, 0.3) is 5.91 Å². The number of amides is 2. The van der Waals surface area contributed by atoms with Crippen molar-refractivity contribution in [2.45, 2.75) is 25.1 Å². The normalized spacial score (nSPS) is 22.8. The number of nitrogens with one attached hydrogen (secondary N) is 1. The lowest BCUT2D eigenvalue weighted by molar-refractivity contribution is -0.140. The first-order valence-electron chi connectivity index (χ1n) is 10.1. The van der Waals surface area contributed by atoms with Gasteiger partial charge in [0.2, 0.25) is 5.91 Å². The minimum Gasteiger partial charge on any atom is -0.354 e. The molecule has 2 aliphatic heterocycles. The van der Waals surface area contributed by atoms with Crippen molar-refractivity contribution < 1.29 is 22.8 Å². The molecule has 32 heavy (non-hydrogen) atoms. The number of halogens is 3. The van der Waals surface area contributed by atoms with E-state index in [9.17, 15) is 18.4 Å². The Morgan fingerprint density at radius 1 is 1.12 bits per heavy atom. The number of nitrogens with zero attached hydrogens (tertiary/aromatic N) is 5. The van der Waals surface area contributed by atoms with Gasteiger partial charge in [0.1, 0.15) is 35.6 Å². The molecule has 168 valence electrons. The minimum absolute atomic E-state index is 0.0998. The number of carbonyl (C=O) groups excluding carboxylic acids is 2. The van der Waals surface area contributed by atoms with Crippen molar-refractivity contribution in [1.82, 2.24) is 20.3 Å². The van der Waals surface area contributed by atoms with Gasteiger partial charge >= 0.3 is 0 Å². The highest BCUT2D eigenvalue weighted by atomic mass is 19.1. The Balaban J connectivity index is 1.47. The van der Waals surface area contributed by atoms with Crippen LogP contribution in [0.3, 0.4) is 0 Å². The van der Waals surface area contributed by atoms with E-state index in [-0.39, 0.29) is 36.6 Å². The van der Waals surface area contributed by atoms with Crippen LogP contribution < -0.4 is 10.2 Å². The molecule has 0 saturated carbocycles. The van der Waals surface area contributed by atoms with Crippen LogP contribution in [-0.2, 0) is 4.79 Å². The smallest absolute Gasteiger partial charge is 0.269 e. The number of piperidine rings is 1. The van der Waals surface area contributed by atoms with Gasteiger partial charge in [-0.2, -0.15) is 5.10 Å². The standard InChI is InChI=1S/C21H21F3N6O2/c1-25-20(31)17-9-19(27-11-26-17)29-5-3-15(16(24)10-29)21(32)30-18(2-4-28-30)12-6-13(22)8-14(23)7-12/h4,6-9,11,15-16,18H,2-3,5,10H2,1H3,(H,25,31)/t15-,16+,18-/m1/s1. The highest BCUT2D eigenvalue weighted by molar-refractivity contribution is 5.92. The van der Waals surface area contributed by atoms with Crippen molar-refractivity contribution in [2.75, 3.05) is 25.0 Å². The maximum absolute atomic E-state index is 15.1. The molecule has 0 aliphatic carbocycles. The number of anilines is 1. The van der Waals surface area contributed by atoms with Gasteiger partial charge in [-0.25, -0.2) is 28.1 Å². The predicted molar refractivity (Wildman–Crippen MR) is 110 cm³/mol. The Morgan fingerprint density at radius 3 is 2.56 bits per heavy atom. The quantitative estimate of drug-likeness (QED) is 0.778. The van der Waals surface area contributed by atoms with Crippen LogP contribution >= 0.6 is 0 Å². The van der Waals surface area contributed by atoms with Crippen molar-refractivity contribution in [3.05, 3.63) is 53.5 Å². The van der Waals surface area contributed by atoms with E-state index in [2.05, 4.69) is 20.4 Å². The number of rotatable bonds is 4. The zero-order valence-corrected chi connectivity index (χ0v) is 17.2. The van der Waals surface area contributed by atoms with Crippen molar-refractivity contribution in [2.24, 2.45) is 11.0 Å². The summed E-state index contributed by atoms with van der Waals surface area (Å²) in [6.45, 7) is 0.231. The van der Waals surface area contributed by atoms with Gasteiger partial charge in [-0.3, -0.25) is 9.59 Å². The lowest BCUT2D eigenvalue weighted by Crippen LogP contribution is -2.48. The molecular formula is C21H21F3N6O2. The first-order chi connectivity index (χ1) is 15.4. The van der Waals surface area contributed by atoms with Crippen molar-refractivity contribution in [3.63, 3.8) is 0 Å². The SMILES string of the molecule is CNC(=O)c1cc(N2CC[C@@H](C(=O)N3N=CC[C@@H]3c3cc(F)cc(F)c3)[C@@H](F)C2)ncn1. The second kappa shape index (κ2) is 8.93. The fourth-order valence-electron chi connectivity index (χ4n) is 4.00. The highest BCUT2D eigenvalue weighted by Crippen LogP contribution is 2.34. The van der Waals surface area contributed by atoms with Crippen LogP contribution in [0.15, 0.2) is 35.7 Å². The zero-order chi connectivity index (χ0) is 22.8. The minimum atomic E-state index is -1.52. The lowest BCUT2D eigenvalue weighted by Gasteiger charge is -2.36. The maximum atomic E-state index is 15.1. The van der Waals surface area contributed by atoms with E-state index in [0.717, 1.165) is 23.2 Å². The second-order valence-electron chi connectivity index (χ2n) is 7.63. The number of carbonyl (C=O) groups is 2. The molecule has 1 saturated heterocycles. The van der Waals surface area contributed by atoms with Crippen LogP contribution in [0.1, 0.15) is 34.9 Å². The van der Waals surface area contributed by atoms with Crippen LogP contribution in [0.4, 0.5) is 19.0 Å². The summed E-state index contributed by atoms with van der Waals surface area (Å²) < 4.78 is 42.4. The zero-order valence-electron chi connectivity index (χ0n) is 17.2. The van der Waals surface area contributed by atoms with E-state index in [4.69, 9.17) is 0 Å². The summed E-state index contributed by atoms with van der Waals surface area (Å²) in [4.78, 5) is 34.5. The van der Waals surface area contributed by atoms with E-state index < -0.39 is 35.7 Å². The average Bonchev–Trinajstić information content (AvgIpc) is 3.27. The summed E-state index contributed by atoms with van der Waals surface area (Å²) in [6, 6.07) is 3.83. The first kappa shape index (κ1) is 21.7. The van der Waals surface area contributed by atoms with Crippen LogP contribution in [0.2, 0.25) is 0 Å². The molecule has 1 aromatic carbocycles. The van der Waals surface area contributed by atoms with Gasteiger partial charge in [-0.15, -0.1) is 0 Å². The third-order valence-electron chi connectivity index (χ3n) is 5.62. The van der Waals surface area contributed by atoms with E-state index in [0.29, 0.717) is 12.4 Å². The third-order valence-corrected chi connectivity index (χ3v) is 5.62. The summed E-state index contributed by atoms with van der Waals surface area (Å²) in [7, 11) is 1.48. The van der Waals surface area contributed by atoms with E-state index in [1.807, 2.05) is 0 Å². The van der Waals surface area contributed by atoms with Crippen LogP contribution in [-0.4, -0.2) is 59.3 Å². The lowest BCUT2D eigenvalue weighted by atomic mass is 9.92. The van der Waals surface area contributed by atoms with Gasteiger partial charge < -0.3 is 10.2 Å². The average molecular weight is 446 g/mol. The van der Waals surface area contributed by atoms with Crippen LogP contribution in [0, 0.1) is 17.6 Å². The molecule has 3 heterocycles. The summed E-state index contributed by atoms with van der Waals surface area (Å²) in [6.07, 6.45) is 1.67. The Labute approximate surface area is 182 Å². The van der Waals surface area contributed by atoms with E-state index >= 15 is 4.39 Å². The summed E-state index contributed by atoms with van der Waals surface area (Å²) in [5.41, 5.74) is 0.423. The highest BCUT2D eigenvalue weighted by Gasteiger charge is 2.40. The largest absolute Gasteiger partial charge is 0.354 e. The molecule has 8 nitrogen and oxygen atoms in total. The van der Waals surface area contributed by atoms with Crippen LogP contribution in [0.5, 0.6) is 0 Å². The fourth-order valence-corrected chi connectivity index (χ4v) is 4.00. The molecule has 0 unspecified atom stereocenters. The Hall–Kier alpha value is -3.50. The molecule has 2 aromatic rings. The molecule has 1 N–H and O–H groups in total. The first-order valence-corrected chi connectivity index (χ1v) is 10.1. The van der Waals surface area contributed by atoms with E-state index in [1.165, 1.54) is 25.7 Å². The number of aromatic nitrogens is 2. The Morgan fingerprint density at radius 2 is 1.88 bits per heavy atom. The monoisotopic (exact) mass is 446 g/mol. The van der Waals surface area contributed by atoms with Gasteiger partial charge in [0.05, 0.1) is 18.5 Å². The van der Waals surface area contributed by atoms with Crippen molar-refractivity contribution in [1.29, 1.82) is 0 Å². The number of alkyl halides is 1. The Kier molecular flexibility index (Phi) is 6.06. The molecule has 4 rings (SSSR count). The summed E-state index contributed by atoms with van der Waals surface area (Å²) in [5, 5.41) is 7.63. The molecule has 2 aliphatic rings. The van der Waals surface area contributed by atoms with Gasteiger partial charge in [0.15, 0.2) is 0 Å². The second-order valence-corrected chi connectivity index (χ2v) is 7.63. The van der Waals surface area contributed by atoms with Crippen molar-refractivity contribution in [3.8, 4) is 0 Å².